The number of ether oxygens (including phenoxy) is 1. The molecule has 0 N–H and O–H groups in total. The number of hydrogen-bond donors (Lipinski definition) is 0. The van der Waals surface area contributed by atoms with Crippen LogP contribution in [0.25, 0.3) is 5.53 Å². The van der Waals surface area contributed by atoms with E-state index < -0.39 is 26.8 Å². The highest BCUT2D eigenvalue weighted by Crippen LogP contribution is 2.33. The molecule has 0 aromatic heterocycles. The molecule has 25 heavy (non-hydrogen) atoms. The summed E-state index contributed by atoms with van der Waals surface area (Å²) in [4.78, 5) is 15.4. The van der Waals surface area contributed by atoms with Gasteiger partial charge in [-0.05, 0) is 44.7 Å². The summed E-state index contributed by atoms with van der Waals surface area (Å²) < 4.78 is 31.4. The van der Waals surface area contributed by atoms with E-state index in [2.05, 4.69) is 4.79 Å². The molecule has 1 fully saturated rings. The number of carbonyl (C=O) groups excluding carboxylic acids is 1. The number of carbonyl (C=O) groups is 1. The molecule has 1 aromatic rings. The third-order valence-electron chi connectivity index (χ3n) is 4.62. The Balaban J connectivity index is 2.51. The van der Waals surface area contributed by atoms with E-state index in [-0.39, 0.29) is 17.4 Å². The van der Waals surface area contributed by atoms with Crippen molar-refractivity contribution < 1.29 is 22.7 Å². The number of sulfone groups is 1. The van der Waals surface area contributed by atoms with E-state index in [1.807, 2.05) is 6.92 Å². The summed E-state index contributed by atoms with van der Waals surface area (Å²) in [6, 6.07) is 6.48. The minimum absolute atomic E-state index is 0.0832. The predicted octanol–water partition coefficient (Wildman–Crippen LogP) is 2.95. The lowest BCUT2D eigenvalue weighted by molar-refractivity contribution is -0.140. The summed E-state index contributed by atoms with van der Waals surface area (Å²) in [5, 5.41) is -1.19. The maximum Gasteiger partial charge on any atom is 0.418 e. The number of esters is 1. The SMILES string of the molecule is CCOC(=O)C(=[N+]=[N-])C(C1CCCCC1)S(=O)(=O)c1ccc(C)cc1. The van der Waals surface area contributed by atoms with E-state index in [0.717, 1.165) is 24.8 Å². The van der Waals surface area contributed by atoms with Crippen molar-refractivity contribution in [1.29, 1.82) is 0 Å². The van der Waals surface area contributed by atoms with Crippen molar-refractivity contribution in [2.75, 3.05) is 6.61 Å². The highest BCUT2D eigenvalue weighted by molar-refractivity contribution is 7.93. The van der Waals surface area contributed by atoms with E-state index in [4.69, 9.17) is 4.74 Å². The van der Waals surface area contributed by atoms with Crippen molar-refractivity contribution in [2.45, 2.75) is 56.1 Å². The summed E-state index contributed by atoms with van der Waals surface area (Å²) in [6.45, 7) is 3.57. The maximum atomic E-state index is 13.3. The molecule has 0 radical (unpaired) electrons. The Morgan fingerprint density at radius 3 is 2.36 bits per heavy atom. The van der Waals surface area contributed by atoms with E-state index in [1.165, 1.54) is 12.1 Å². The van der Waals surface area contributed by atoms with Gasteiger partial charge in [-0.2, -0.15) is 4.79 Å². The Morgan fingerprint density at radius 1 is 1.24 bits per heavy atom. The van der Waals surface area contributed by atoms with Crippen LogP contribution in [-0.2, 0) is 19.4 Å². The molecule has 2 rings (SSSR count). The Morgan fingerprint density at radius 2 is 1.84 bits per heavy atom. The van der Waals surface area contributed by atoms with Crippen LogP contribution in [0.3, 0.4) is 0 Å². The predicted molar refractivity (Wildman–Crippen MR) is 94.0 cm³/mol. The Hall–Kier alpha value is -1.98. The summed E-state index contributed by atoms with van der Waals surface area (Å²) in [5.74, 6) is -1.15. The second-order valence-electron chi connectivity index (χ2n) is 6.38. The van der Waals surface area contributed by atoms with Gasteiger partial charge in [0.15, 0.2) is 15.1 Å². The molecule has 1 aromatic carbocycles. The first-order valence-electron chi connectivity index (χ1n) is 8.61. The molecule has 1 atom stereocenters. The van der Waals surface area contributed by atoms with Gasteiger partial charge in [0.2, 0.25) is 0 Å². The maximum absolute atomic E-state index is 13.3. The first-order chi connectivity index (χ1) is 11.9. The van der Waals surface area contributed by atoms with Crippen molar-refractivity contribution in [1.82, 2.24) is 0 Å². The molecule has 0 spiro atoms. The molecule has 136 valence electrons. The third kappa shape index (κ3) is 4.35. The van der Waals surface area contributed by atoms with Crippen LogP contribution in [0.1, 0.15) is 44.6 Å². The molecule has 0 amide bonds. The van der Waals surface area contributed by atoms with Crippen molar-refractivity contribution in [3.05, 3.63) is 35.4 Å². The second-order valence-corrected chi connectivity index (χ2v) is 8.45. The van der Waals surface area contributed by atoms with Gasteiger partial charge in [0.1, 0.15) is 0 Å². The Kier molecular flexibility index (Phi) is 6.51. The first kappa shape index (κ1) is 19.3. The second kappa shape index (κ2) is 8.41. The zero-order valence-corrected chi connectivity index (χ0v) is 15.5. The van der Waals surface area contributed by atoms with Gasteiger partial charge in [-0.1, -0.05) is 37.0 Å². The number of nitrogens with zero attached hydrogens (tertiary/aromatic N) is 2. The molecule has 7 heteroatoms. The molecule has 1 aliphatic rings. The molecule has 1 unspecified atom stereocenters. The molecule has 6 nitrogen and oxygen atoms in total. The normalized spacial score (nSPS) is 16.7. The lowest BCUT2D eigenvalue weighted by atomic mass is 9.85. The summed E-state index contributed by atoms with van der Waals surface area (Å²) >= 11 is 0. The average molecular weight is 364 g/mol. The van der Waals surface area contributed by atoms with Crippen molar-refractivity contribution >= 4 is 21.5 Å². The van der Waals surface area contributed by atoms with E-state index in [1.54, 1.807) is 19.1 Å². The number of rotatable bonds is 6. The van der Waals surface area contributed by atoms with Crippen LogP contribution in [0.15, 0.2) is 29.2 Å². The van der Waals surface area contributed by atoms with Crippen molar-refractivity contribution in [3.8, 4) is 0 Å². The molecule has 0 aliphatic heterocycles. The van der Waals surface area contributed by atoms with Crippen LogP contribution in [0.5, 0.6) is 0 Å². The van der Waals surface area contributed by atoms with Gasteiger partial charge >= 0.3 is 11.7 Å². The van der Waals surface area contributed by atoms with Gasteiger partial charge in [-0.3, -0.25) is 0 Å². The molecule has 0 saturated heterocycles. The van der Waals surface area contributed by atoms with Crippen molar-refractivity contribution in [2.24, 2.45) is 5.92 Å². The van der Waals surface area contributed by atoms with Crippen LogP contribution in [0.4, 0.5) is 0 Å². The minimum Gasteiger partial charge on any atom is -0.457 e. The largest absolute Gasteiger partial charge is 0.457 e. The van der Waals surface area contributed by atoms with E-state index in [0.29, 0.717) is 12.8 Å². The number of aryl methyl sites for hydroxylation is 1. The number of hydrogen-bond acceptors (Lipinski definition) is 4. The molecular weight excluding hydrogens is 340 g/mol. The van der Waals surface area contributed by atoms with Crippen LogP contribution in [0, 0.1) is 12.8 Å². The van der Waals surface area contributed by atoms with Gasteiger partial charge in [-0.25, -0.2) is 13.2 Å². The molecule has 0 heterocycles. The quantitative estimate of drug-likeness (QED) is 0.335. The number of benzene rings is 1. The first-order valence-corrected chi connectivity index (χ1v) is 10.2. The smallest absolute Gasteiger partial charge is 0.418 e. The zero-order valence-electron chi connectivity index (χ0n) is 14.6. The van der Waals surface area contributed by atoms with E-state index >= 15 is 0 Å². The fourth-order valence-electron chi connectivity index (χ4n) is 3.35. The topological polar surface area (TPSA) is 96.8 Å². The summed E-state index contributed by atoms with van der Waals surface area (Å²) in [5.41, 5.74) is 9.92. The van der Waals surface area contributed by atoms with E-state index in [9.17, 15) is 18.7 Å². The third-order valence-corrected chi connectivity index (χ3v) is 6.83. The highest BCUT2D eigenvalue weighted by atomic mass is 32.2. The zero-order chi connectivity index (χ0) is 18.4. The Labute approximate surface area is 148 Å². The summed E-state index contributed by atoms with van der Waals surface area (Å²) in [7, 11) is -3.88. The van der Waals surface area contributed by atoms with Crippen molar-refractivity contribution in [3.63, 3.8) is 0 Å². The van der Waals surface area contributed by atoms with Gasteiger partial charge < -0.3 is 10.3 Å². The molecule has 1 aliphatic carbocycles. The van der Waals surface area contributed by atoms with Gasteiger partial charge in [-0.15, -0.1) is 0 Å². The molecule has 0 bridgehead atoms. The van der Waals surface area contributed by atoms with Gasteiger partial charge in [0, 0.05) is 0 Å². The van der Waals surface area contributed by atoms with Crippen LogP contribution < -0.4 is 0 Å². The fourth-order valence-corrected chi connectivity index (χ4v) is 5.38. The lowest BCUT2D eigenvalue weighted by Crippen LogP contribution is -2.43. The van der Waals surface area contributed by atoms with Crippen LogP contribution in [0.2, 0.25) is 0 Å². The Bertz CT molecular complexity index is 759. The van der Waals surface area contributed by atoms with Gasteiger partial charge in [0.05, 0.1) is 11.5 Å². The van der Waals surface area contributed by atoms with Crippen LogP contribution >= 0.6 is 0 Å². The van der Waals surface area contributed by atoms with Crippen LogP contribution in [-0.4, -0.2) is 36.7 Å². The lowest BCUT2D eigenvalue weighted by Gasteiger charge is -2.27. The standard InChI is InChI=1S/C18H24N2O4S/c1-3-24-18(21)16(20-19)17(14-7-5-4-6-8-14)25(22,23)15-11-9-13(2)10-12-15/h9-12,14,17H,3-8H2,1-2H3. The monoisotopic (exact) mass is 364 g/mol. The summed E-state index contributed by atoms with van der Waals surface area (Å²) in [6.07, 6.45) is 4.18. The minimum atomic E-state index is -3.88. The van der Waals surface area contributed by atoms with Gasteiger partial charge in [0.25, 0.3) is 0 Å². The molecule has 1 saturated carbocycles. The average Bonchev–Trinajstić information content (AvgIpc) is 2.60. The molecular formula is C18H24N2O4S. The fraction of sp³-hybridized carbons (Fsp3) is 0.556. The highest BCUT2D eigenvalue weighted by Gasteiger charge is 2.48.